The Balaban J connectivity index is 1.33. The molecule has 4 aliphatic carbocycles. The number of carbonyl (C=O) groups excluding carboxylic acids is 1. The minimum absolute atomic E-state index is 0.0198. The van der Waals surface area contributed by atoms with Gasteiger partial charge in [0.15, 0.2) is 0 Å². The van der Waals surface area contributed by atoms with Gasteiger partial charge >= 0.3 is 0 Å². The van der Waals surface area contributed by atoms with Gasteiger partial charge in [0, 0.05) is 12.5 Å². The lowest BCUT2D eigenvalue weighted by Gasteiger charge is -2.60. The van der Waals surface area contributed by atoms with E-state index in [9.17, 15) is 13.2 Å². The van der Waals surface area contributed by atoms with Crippen LogP contribution in [-0.2, 0) is 14.9 Å². The van der Waals surface area contributed by atoms with E-state index in [0.29, 0.717) is 16.7 Å². The third kappa shape index (κ3) is 4.64. The van der Waals surface area contributed by atoms with E-state index in [0.717, 1.165) is 36.5 Å². The van der Waals surface area contributed by atoms with Crippen LogP contribution in [0.25, 0.3) is 0 Å². The first kappa shape index (κ1) is 24.5. The fourth-order valence-corrected chi connectivity index (χ4v) is 9.30. The van der Waals surface area contributed by atoms with Gasteiger partial charge in [-0.25, -0.2) is 0 Å². The highest BCUT2D eigenvalue weighted by atomic mass is 32.2. The summed E-state index contributed by atoms with van der Waals surface area (Å²) in [7, 11) is -4.03. The monoisotopic (exact) mass is 467 g/mol. The van der Waals surface area contributed by atoms with Gasteiger partial charge in [-0.05, 0) is 105 Å². The number of nitrogens with one attached hydrogen (secondary N) is 1. The molecule has 6 heteroatoms. The van der Waals surface area contributed by atoms with E-state index in [1.807, 2.05) is 6.92 Å². The molecule has 0 heterocycles. The van der Waals surface area contributed by atoms with Crippen LogP contribution in [0.1, 0.15) is 97.8 Å². The normalized spacial score (nSPS) is 42.4. The zero-order valence-electron chi connectivity index (χ0n) is 20.4. The lowest BCUT2D eigenvalue weighted by Crippen LogP contribution is -2.52. The second-order valence-corrected chi connectivity index (χ2v) is 13.8. The zero-order valence-corrected chi connectivity index (χ0v) is 21.3. The Morgan fingerprint density at radius 2 is 1.75 bits per heavy atom. The van der Waals surface area contributed by atoms with Crippen molar-refractivity contribution < 1.29 is 17.8 Å². The number of carbonyl (C=O) groups is 1. The predicted molar refractivity (Wildman–Crippen MR) is 128 cm³/mol. The summed E-state index contributed by atoms with van der Waals surface area (Å²) in [6.07, 6.45) is 16.1. The first-order valence-corrected chi connectivity index (χ1v) is 14.9. The molecule has 2 N–H and O–H groups in total. The van der Waals surface area contributed by atoms with E-state index in [4.69, 9.17) is 4.55 Å². The molecule has 8 unspecified atom stereocenters. The lowest BCUT2D eigenvalue weighted by molar-refractivity contribution is -0.125. The molecular weight excluding hydrogens is 422 g/mol. The lowest BCUT2D eigenvalue weighted by atomic mass is 9.45. The van der Waals surface area contributed by atoms with Gasteiger partial charge < -0.3 is 5.32 Å². The van der Waals surface area contributed by atoms with Crippen LogP contribution in [0.3, 0.4) is 0 Å². The number of fused-ring (bicyclic) bond motifs is 5. The third-order valence-corrected chi connectivity index (χ3v) is 11.6. The van der Waals surface area contributed by atoms with Crippen molar-refractivity contribution in [3.63, 3.8) is 0 Å². The van der Waals surface area contributed by atoms with Crippen LogP contribution in [0.15, 0.2) is 0 Å². The van der Waals surface area contributed by atoms with Gasteiger partial charge in [0.25, 0.3) is 10.1 Å². The smallest absolute Gasteiger partial charge is 0.266 e. The minimum Gasteiger partial charge on any atom is -0.355 e. The van der Waals surface area contributed by atoms with Crippen LogP contribution in [0.4, 0.5) is 0 Å². The number of amides is 1. The summed E-state index contributed by atoms with van der Waals surface area (Å²) in [6.45, 7) is 7.14. The van der Waals surface area contributed by atoms with Gasteiger partial charge in [-0.1, -0.05) is 33.6 Å². The van der Waals surface area contributed by atoms with Gasteiger partial charge in [-0.2, -0.15) is 8.42 Å². The summed E-state index contributed by atoms with van der Waals surface area (Å²) in [5.41, 5.74) is 1.02. The Hall–Kier alpha value is -0.620. The predicted octanol–water partition coefficient (Wildman–Crippen LogP) is 5.46. The Morgan fingerprint density at radius 1 is 1.00 bits per heavy atom. The van der Waals surface area contributed by atoms with Crippen molar-refractivity contribution in [2.24, 2.45) is 46.3 Å². The van der Waals surface area contributed by atoms with Gasteiger partial charge in [0.2, 0.25) is 5.91 Å². The molecule has 184 valence electrons. The fraction of sp³-hybridized carbons (Fsp3) is 0.962. The van der Waals surface area contributed by atoms with Crippen molar-refractivity contribution in [3.05, 3.63) is 0 Å². The van der Waals surface area contributed by atoms with Crippen molar-refractivity contribution in [1.82, 2.24) is 5.32 Å². The maximum Gasteiger partial charge on any atom is 0.266 e. The van der Waals surface area contributed by atoms with Crippen LogP contribution in [-0.4, -0.2) is 31.2 Å². The third-order valence-electron chi connectivity index (χ3n) is 10.8. The summed E-state index contributed by atoms with van der Waals surface area (Å²) in [5, 5.41) is 2.67. The van der Waals surface area contributed by atoms with Crippen LogP contribution < -0.4 is 5.32 Å². The second-order valence-electron chi connectivity index (χ2n) is 12.3. The number of rotatable bonds is 7. The molecule has 4 aliphatic rings. The molecule has 4 saturated carbocycles. The van der Waals surface area contributed by atoms with Crippen molar-refractivity contribution in [2.45, 2.75) is 97.8 Å². The van der Waals surface area contributed by atoms with E-state index in [2.05, 4.69) is 19.2 Å². The molecule has 0 bridgehead atoms. The van der Waals surface area contributed by atoms with Gasteiger partial charge in [0.1, 0.15) is 0 Å². The molecule has 1 amide bonds. The topological polar surface area (TPSA) is 83.5 Å². The molecule has 0 spiro atoms. The summed E-state index contributed by atoms with van der Waals surface area (Å²) in [4.78, 5) is 12.4. The molecule has 8 atom stereocenters. The van der Waals surface area contributed by atoms with Crippen molar-refractivity contribution in [3.8, 4) is 0 Å². The summed E-state index contributed by atoms with van der Waals surface area (Å²) >= 11 is 0. The second kappa shape index (κ2) is 9.20. The van der Waals surface area contributed by atoms with Crippen molar-refractivity contribution >= 4 is 16.0 Å². The molecule has 32 heavy (non-hydrogen) atoms. The molecule has 4 rings (SSSR count). The molecule has 5 nitrogen and oxygen atoms in total. The summed E-state index contributed by atoms with van der Waals surface area (Å²) in [5.74, 6) is 3.76. The molecule has 0 aromatic carbocycles. The maximum atomic E-state index is 12.4. The highest BCUT2D eigenvalue weighted by Crippen LogP contribution is 2.67. The van der Waals surface area contributed by atoms with E-state index in [1.54, 1.807) is 0 Å². The average molecular weight is 468 g/mol. The highest BCUT2D eigenvalue weighted by molar-refractivity contribution is 7.85. The quantitative estimate of drug-likeness (QED) is 0.487. The molecule has 0 saturated heterocycles. The molecular formula is C26H45NO4S. The largest absolute Gasteiger partial charge is 0.355 e. The van der Waals surface area contributed by atoms with Gasteiger partial charge in [0.05, 0.1) is 5.75 Å². The first-order chi connectivity index (χ1) is 15.0. The van der Waals surface area contributed by atoms with Crippen LogP contribution >= 0.6 is 0 Å². The first-order valence-electron chi connectivity index (χ1n) is 13.3. The Morgan fingerprint density at radius 3 is 2.50 bits per heavy atom. The average Bonchev–Trinajstić information content (AvgIpc) is 3.06. The van der Waals surface area contributed by atoms with E-state index >= 15 is 0 Å². The molecule has 0 aromatic rings. The highest BCUT2D eigenvalue weighted by Gasteiger charge is 2.59. The van der Waals surface area contributed by atoms with Crippen LogP contribution in [0, 0.1) is 46.3 Å². The standard InChI is InChI=1S/C26H45NO4S/c1-18(24(28)27-16-17-32(29,30)31)7-8-20-10-12-22-21-11-9-19-6-4-5-14-25(19,2)23(21)13-15-26(20,22)3/h18-23H,4-17H2,1-3H3,(H,27,28)(H,29,30,31). The molecule has 0 aliphatic heterocycles. The molecule has 0 aromatic heterocycles. The van der Waals surface area contributed by atoms with E-state index < -0.39 is 15.9 Å². The van der Waals surface area contributed by atoms with Gasteiger partial charge in [-0.3, -0.25) is 9.35 Å². The summed E-state index contributed by atoms with van der Waals surface area (Å²) < 4.78 is 30.5. The minimum atomic E-state index is -4.03. The van der Waals surface area contributed by atoms with Crippen molar-refractivity contribution in [2.75, 3.05) is 12.3 Å². The van der Waals surface area contributed by atoms with E-state index in [1.165, 1.54) is 64.2 Å². The van der Waals surface area contributed by atoms with Crippen molar-refractivity contribution in [1.29, 1.82) is 0 Å². The van der Waals surface area contributed by atoms with Crippen LogP contribution in [0.5, 0.6) is 0 Å². The van der Waals surface area contributed by atoms with E-state index in [-0.39, 0.29) is 18.4 Å². The number of hydrogen-bond acceptors (Lipinski definition) is 3. The SMILES string of the molecule is CC(CCC1CCC2C3CCC4CCCCC4(C)C3CCC12C)C(=O)NCCS(=O)(=O)O. The maximum absolute atomic E-state index is 12.4. The Bertz CT molecular complexity index is 798. The zero-order chi connectivity index (χ0) is 23.1. The van der Waals surface area contributed by atoms with Gasteiger partial charge in [-0.15, -0.1) is 0 Å². The Kier molecular flexibility index (Phi) is 7.05. The van der Waals surface area contributed by atoms with Crippen LogP contribution in [0.2, 0.25) is 0 Å². The molecule has 4 fully saturated rings. The molecule has 0 radical (unpaired) electrons. The fourth-order valence-electron chi connectivity index (χ4n) is 8.94. The summed E-state index contributed by atoms with van der Waals surface area (Å²) in [6, 6.07) is 0. The number of hydrogen-bond donors (Lipinski definition) is 2. The Labute approximate surface area is 195 Å².